The number of nitrogens with zero attached hydrogens (tertiary/aromatic N) is 4. The van der Waals surface area contributed by atoms with Crippen LogP contribution in [0.3, 0.4) is 0 Å². The molecule has 1 fully saturated rings. The minimum Gasteiger partial charge on any atom is -0.494 e. The van der Waals surface area contributed by atoms with Crippen LogP contribution in [0, 0.1) is 11.6 Å². The van der Waals surface area contributed by atoms with E-state index in [-0.39, 0.29) is 18.7 Å². The standard InChI is InChI=1S/C28H31F2N7O3/c29-22-6-3-7-23(27(22)30)33-26(39)14-18-13-25(36-35-18)34-28-21-9-8-20(15-24(21)31-17-32-28)40-12-2-1-10-37-11-4-5-19(37)16-38/h3,6-9,13,15,17,19,38H,1-2,4-5,10-12,14,16H2,(H,33,39)(H2,31,32,34,35,36)/t19-/m1/s1. The Hall–Kier alpha value is -4.16. The molecule has 1 aliphatic rings. The van der Waals surface area contributed by atoms with Crippen molar-refractivity contribution in [2.75, 3.05) is 36.9 Å². The number of hydrogen-bond acceptors (Lipinski definition) is 8. The topological polar surface area (TPSA) is 128 Å². The number of aromatic nitrogens is 4. The van der Waals surface area contributed by atoms with Crippen molar-refractivity contribution in [2.45, 2.75) is 38.1 Å². The number of aromatic amines is 1. The molecule has 1 amide bonds. The molecule has 10 nitrogen and oxygen atoms in total. The Morgan fingerprint density at radius 2 is 2.08 bits per heavy atom. The van der Waals surface area contributed by atoms with Crippen LogP contribution in [0.1, 0.15) is 31.4 Å². The van der Waals surface area contributed by atoms with Gasteiger partial charge < -0.3 is 20.5 Å². The molecule has 4 N–H and O–H groups in total. The first kappa shape index (κ1) is 27.4. The quantitative estimate of drug-likeness (QED) is 0.193. The molecule has 4 aromatic rings. The maximum absolute atomic E-state index is 13.8. The molecule has 2 aromatic carbocycles. The van der Waals surface area contributed by atoms with Crippen LogP contribution in [0.2, 0.25) is 0 Å². The number of H-pyrrole nitrogens is 1. The second kappa shape index (κ2) is 12.8. The smallest absolute Gasteiger partial charge is 0.230 e. The second-order valence-electron chi connectivity index (χ2n) is 9.70. The molecule has 12 heteroatoms. The maximum atomic E-state index is 13.8. The summed E-state index contributed by atoms with van der Waals surface area (Å²) in [5.74, 6) is -0.987. The van der Waals surface area contributed by atoms with E-state index < -0.39 is 17.5 Å². The van der Waals surface area contributed by atoms with Crippen LogP contribution in [-0.4, -0.2) is 68.4 Å². The van der Waals surface area contributed by atoms with Gasteiger partial charge in [-0.3, -0.25) is 14.8 Å². The van der Waals surface area contributed by atoms with Crippen molar-refractivity contribution in [2.24, 2.45) is 0 Å². The number of ether oxygens (including phenoxy) is 1. The third-order valence-corrected chi connectivity index (χ3v) is 6.88. The van der Waals surface area contributed by atoms with Gasteiger partial charge in [-0.15, -0.1) is 0 Å². The van der Waals surface area contributed by atoms with Crippen LogP contribution in [-0.2, 0) is 11.2 Å². The normalized spacial score (nSPS) is 15.4. The lowest BCUT2D eigenvalue weighted by molar-refractivity contribution is -0.115. The fraction of sp³-hybridized carbons (Fsp3) is 0.357. The van der Waals surface area contributed by atoms with Gasteiger partial charge in [0.2, 0.25) is 5.91 Å². The summed E-state index contributed by atoms with van der Waals surface area (Å²) in [5.41, 5.74) is 0.949. The highest BCUT2D eigenvalue weighted by Crippen LogP contribution is 2.26. The van der Waals surface area contributed by atoms with E-state index in [1.807, 2.05) is 18.2 Å². The lowest BCUT2D eigenvalue weighted by Gasteiger charge is -2.22. The number of fused-ring (bicyclic) bond motifs is 1. The number of aliphatic hydroxyl groups is 1. The Bertz CT molecular complexity index is 1470. The summed E-state index contributed by atoms with van der Waals surface area (Å²) in [7, 11) is 0. The van der Waals surface area contributed by atoms with Gasteiger partial charge in [-0.1, -0.05) is 6.07 Å². The van der Waals surface area contributed by atoms with E-state index in [2.05, 4.69) is 35.7 Å². The average Bonchev–Trinajstić information content (AvgIpc) is 3.60. The molecule has 3 heterocycles. The molecule has 1 aliphatic heterocycles. The van der Waals surface area contributed by atoms with Crippen molar-refractivity contribution in [3.8, 4) is 5.75 Å². The zero-order valence-electron chi connectivity index (χ0n) is 21.9. The van der Waals surface area contributed by atoms with Gasteiger partial charge in [0.15, 0.2) is 17.5 Å². The number of carbonyl (C=O) groups is 1. The second-order valence-corrected chi connectivity index (χ2v) is 9.70. The number of aliphatic hydroxyl groups excluding tert-OH is 1. The molecule has 1 atom stereocenters. The molecule has 0 unspecified atom stereocenters. The number of halogens is 2. The monoisotopic (exact) mass is 551 g/mol. The maximum Gasteiger partial charge on any atom is 0.230 e. The summed E-state index contributed by atoms with van der Waals surface area (Å²) in [4.78, 5) is 23.3. The number of benzene rings is 2. The summed E-state index contributed by atoms with van der Waals surface area (Å²) in [6.45, 7) is 2.85. The van der Waals surface area contributed by atoms with Gasteiger partial charge in [0.05, 0.1) is 30.8 Å². The lowest BCUT2D eigenvalue weighted by Crippen LogP contribution is -2.33. The Morgan fingerprint density at radius 3 is 2.95 bits per heavy atom. The van der Waals surface area contributed by atoms with Crippen molar-refractivity contribution in [3.63, 3.8) is 0 Å². The summed E-state index contributed by atoms with van der Waals surface area (Å²) < 4.78 is 33.1. The highest BCUT2D eigenvalue weighted by Gasteiger charge is 2.22. The molecule has 0 aliphatic carbocycles. The molecule has 0 saturated carbocycles. The molecular weight excluding hydrogens is 520 g/mol. The molecule has 40 heavy (non-hydrogen) atoms. The van der Waals surface area contributed by atoms with Crippen LogP contribution in [0.4, 0.5) is 26.1 Å². The van der Waals surface area contributed by atoms with Gasteiger partial charge in [0, 0.05) is 29.3 Å². The number of unbranched alkanes of at least 4 members (excludes halogenated alkanes) is 1. The Balaban J connectivity index is 1.14. The van der Waals surface area contributed by atoms with Crippen LogP contribution in [0.25, 0.3) is 10.9 Å². The molecule has 0 radical (unpaired) electrons. The minimum atomic E-state index is -1.11. The first-order valence-corrected chi connectivity index (χ1v) is 13.3. The number of rotatable bonds is 12. The van der Waals surface area contributed by atoms with Crippen LogP contribution in [0.5, 0.6) is 5.75 Å². The zero-order valence-corrected chi connectivity index (χ0v) is 21.9. The Morgan fingerprint density at radius 1 is 1.18 bits per heavy atom. The SMILES string of the molecule is O=C(Cc1cc(Nc2ncnc3cc(OCCCCN4CCC[C@@H]4CO)ccc23)n[nH]1)Nc1cccc(F)c1F. The van der Waals surface area contributed by atoms with E-state index in [1.54, 1.807) is 6.07 Å². The van der Waals surface area contributed by atoms with Gasteiger partial charge >= 0.3 is 0 Å². The minimum absolute atomic E-state index is 0.115. The van der Waals surface area contributed by atoms with Gasteiger partial charge in [0.1, 0.15) is 17.9 Å². The van der Waals surface area contributed by atoms with Gasteiger partial charge in [-0.2, -0.15) is 5.10 Å². The molecule has 2 aromatic heterocycles. The number of hydrogen-bond donors (Lipinski definition) is 4. The predicted octanol–water partition coefficient (Wildman–Crippen LogP) is 4.17. The third-order valence-electron chi connectivity index (χ3n) is 6.88. The molecule has 5 rings (SSSR count). The fourth-order valence-corrected chi connectivity index (χ4v) is 4.83. The van der Waals surface area contributed by atoms with Crippen molar-refractivity contribution in [1.29, 1.82) is 0 Å². The molecule has 0 bridgehead atoms. The van der Waals surface area contributed by atoms with Crippen molar-refractivity contribution in [1.82, 2.24) is 25.1 Å². The predicted molar refractivity (Wildman–Crippen MR) is 147 cm³/mol. The Labute approximate surface area is 229 Å². The van der Waals surface area contributed by atoms with Gasteiger partial charge in [-0.05, 0) is 63.0 Å². The molecule has 210 valence electrons. The van der Waals surface area contributed by atoms with Crippen LogP contribution >= 0.6 is 0 Å². The van der Waals surface area contributed by atoms with Crippen molar-refractivity contribution in [3.05, 3.63) is 66.1 Å². The van der Waals surface area contributed by atoms with Gasteiger partial charge in [-0.25, -0.2) is 18.7 Å². The van der Waals surface area contributed by atoms with E-state index >= 15 is 0 Å². The first-order valence-electron chi connectivity index (χ1n) is 13.3. The van der Waals surface area contributed by atoms with E-state index in [9.17, 15) is 18.7 Å². The molecular formula is C28H31F2N7O3. The number of carbonyl (C=O) groups excluding carboxylic acids is 1. The summed E-state index contributed by atoms with van der Waals surface area (Å²) in [5, 5.41) is 22.6. The zero-order chi connectivity index (χ0) is 27.9. The van der Waals surface area contributed by atoms with E-state index in [0.717, 1.165) is 50.2 Å². The largest absolute Gasteiger partial charge is 0.494 e. The third kappa shape index (κ3) is 6.69. The van der Waals surface area contributed by atoms with Crippen LogP contribution < -0.4 is 15.4 Å². The number of anilines is 3. The first-order chi connectivity index (χ1) is 19.5. The van der Waals surface area contributed by atoms with E-state index in [1.165, 1.54) is 18.5 Å². The van der Waals surface area contributed by atoms with Crippen molar-refractivity contribution < 1.29 is 23.4 Å². The summed E-state index contributed by atoms with van der Waals surface area (Å²) in [6.07, 6.45) is 5.47. The number of amides is 1. The van der Waals surface area contributed by atoms with Crippen molar-refractivity contribution >= 4 is 34.1 Å². The molecule has 1 saturated heterocycles. The van der Waals surface area contributed by atoms with Crippen LogP contribution in [0.15, 0.2) is 48.8 Å². The Kier molecular flexibility index (Phi) is 8.77. The highest BCUT2D eigenvalue weighted by molar-refractivity contribution is 5.93. The molecule has 0 spiro atoms. The lowest BCUT2D eigenvalue weighted by atomic mass is 10.2. The summed E-state index contributed by atoms with van der Waals surface area (Å²) in [6, 6.07) is 11.1. The van der Waals surface area contributed by atoms with E-state index in [0.29, 0.717) is 41.2 Å². The van der Waals surface area contributed by atoms with Gasteiger partial charge in [0.25, 0.3) is 0 Å². The van der Waals surface area contributed by atoms with E-state index in [4.69, 9.17) is 4.74 Å². The average molecular weight is 552 g/mol. The fourth-order valence-electron chi connectivity index (χ4n) is 4.83. The highest BCUT2D eigenvalue weighted by atomic mass is 19.2. The number of nitrogens with one attached hydrogen (secondary N) is 3. The summed E-state index contributed by atoms with van der Waals surface area (Å²) >= 11 is 0. The number of likely N-dealkylation sites (tertiary alicyclic amines) is 1.